The lowest BCUT2D eigenvalue weighted by atomic mass is 10.2. The van der Waals surface area contributed by atoms with Gasteiger partial charge in [0, 0.05) is 5.25 Å². The summed E-state index contributed by atoms with van der Waals surface area (Å²) >= 11 is 1.39. The van der Waals surface area contributed by atoms with Crippen LogP contribution in [0.15, 0.2) is 24.3 Å². The lowest BCUT2D eigenvalue weighted by Crippen LogP contribution is -2.16. The molecule has 1 aromatic rings. The van der Waals surface area contributed by atoms with Crippen LogP contribution in [0.2, 0.25) is 0 Å². The summed E-state index contributed by atoms with van der Waals surface area (Å²) in [5.74, 6) is 0. The summed E-state index contributed by atoms with van der Waals surface area (Å²) in [7, 11) is 0. The molecule has 1 aliphatic heterocycles. The van der Waals surface area contributed by atoms with E-state index in [1.807, 2.05) is 0 Å². The first-order valence-electron chi connectivity index (χ1n) is 5.80. The molecule has 1 aromatic carbocycles. The van der Waals surface area contributed by atoms with Crippen molar-refractivity contribution >= 4 is 11.8 Å². The van der Waals surface area contributed by atoms with Gasteiger partial charge in [-0.25, -0.2) is 0 Å². The second-order valence-corrected chi connectivity index (χ2v) is 5.87. The third-order valence-electron chi connectivity index (χ3n) is 2.86. The number of aliphatic hydroxyl groups is 2. The fraction of sp³-hybridized carbons (Fsp3) is 0.538. The Hall–Kier alpha value is -0.550. The molecule has 0 aliphatic carbocycles. The van der Waals surface area contributed by atoms with Crippen molar-refractivity contribution in [3.8, 4) is 0 Å². The maximum absolute atomic E-state index is 9.39. The third kappa shape index (κ3) is 3.71. The lowest BCUT2D eigenvalue weighted by Gasteiger charge is -2.09. The van der Waals surface area contributed by atoms with Crippen LogP contribution >= 0.6 is 11.8 Å². The Morgan fingerprint density at radius 3 is 2.59 bits per heavy atom. The summed E-state index contributed by atoms with van der Waals surface area (Å²) in [6.07, 6.45) is 0.00712. The molecule has 0 saturated carbocycles. The van der Waals surface area contributed by atoms with Gasteiger partial charge >= 0.3 is 0 Å². The fourth-order valence-corrected chi connectivity index (χ4v) is 3.00. The number of rotatable bonds is 4. The SMILES string of the molecule is Cc1ccc(COCC2C[C@H](O)C(O)S2)cc1. The van der Waals surface area contributed by atoms with Crippen molar-refractivity contribution in [2.45, 2.75) is 36.7 Å². The third-order valence-corrected chi connectivity index (χ3v) is 4.16. The molecule has 94 valence electrons. The molecule has 0 amide bonds. The molecule has 1 fully saturated rings. The lowest BCUT2D eigenvalue weighted by molar-refractivity contribution is 0.0685. The predicted octanol–water partition coefficient (Wildman–Crippen LogP) is 1.70. The standard InChI is InChI=1S/C13H18O3S/c1-9-2-4-10(5-3-9)7-16-8-11-6-12(14)13(15)17-11/h2-5,11-15H,6-8H2,1H3/t11?,12-,13?/m0/s1. The first-order chi connectivity index (χ1) is 8.15. The van der Waals surface area contributed by atoms with Gasteiger partial charge < -0.3 is 14.9 Å². The number of aliphatic hydroxyl groups excluding tert-OH is 2. The van der Waals surface area contributed by atoms with Gasteiger partial charge in [-0.05, 0) is 18.9 Å². The molecule has 4 heteroatoms. The number of hydrogen-bond acceptors (Lipinski definition) is 4. The number of benzene rings is 1. The minimum atomic E-state index is -0.650. The first kappa shape index (κ1) is 12.9. The van der Waals surface area contributed by atoms with Crippen LogP contribution in [0.4, 0.5) is 0 Å². The number of aryl methyl sites for hydroxylation is 1. The molecule has 1 saturated heterocycles. The largest absolute Gasteiger partial charge is 0.389 e. The van der Waals surface area contributed by atoms with E-state index >= 15 is 0 Å². The zero-order valence-electron chi connectivity index (χ0n) is 9.87. The van der Waals surface area contributed by atoms with Crippen molar-refractivity contribution in [1.29, 1.82) is 0 Å². The topological polar surface area (TPSA) is 49.7 Å². The smallest absolute Gasteiger partial charge is 0.126 e. The van der Waals surface area contributed by atoms with E-state index in [1.54, 1.807) is 0 Å². The van der Waals surface area contributed by atoms with Gasteiger partial charge in [-0.3, -0.25) is 0 Å². The van der Waals surface area contributed by atoms with Crippen molar-refractivity contribution in [2.75, 3.05) is 6.61 Å². The average Bonchev–Trinajstić information content (AvgIpc) is 2.61. The van der Waals surface area contributed by atoms with Gasteiger partial charge in [0.1, 0.15) is 5.44 Å². The molecule has 2 rings (SSSR count). The van der Waals surface area contributed by atoms with Crippen LogP contribution in [-0.4, -0.2) is 33.6 Å². The van der Waals surface area contributed by atoms with E-state index in [-0.39, 0.29) is 5.25 Å². The zero-order valence-corrected chi connectivity index (χ0v) is 10.7. The van der Waals surface area contributed by atoms with E-state index in [2.05, 4.69) is 31.2 Å². The second-order valence-electron chi connectivity index (χ2n) is 4.45. The monoisotopic (exact) mass is 254 g/mol. The Morgan fingerprint density at radius 2 is 2.00 bits per heavy atom. The summed E-state index contributed by atoms with van der Waals surface area (Å²) in [6, 6.07) is 8.24. The van der Waals surface area contributed by atoms with Crippen LogP contribution in [0.5, 0.6) is 0 Å². The van der Waals surface area contributed by atoms with Crippen LogP contribution in [-0.2, 0) is 11.3 Å². The minimum absolute atomic E-state index is 0.199. The van der Waals surface area contributed by atoms with E-state index in [4.69, 9.17) is 4.74 Å². The van der Waals surface area contributed by atoms with E-state index in [0.717, 1.165) is 5.56 Å². The molecular weight excluding hydrogens is 236 g/mol. The normalized spacial score (nSPS) is 28.5. The molecule has 2 N–H and O–H groups in total. The Morgan fingerprint density at radius 1 is 1.29 bits per heavy atom. The highest BCUT2D eigenvalue weighted by Gasteiger charge is 2.31. The van der Waals surface area contributed by atoms with E-state index in [0.29, 0.717) is 19.6 Å². The number of thioether (sulfide) groups is 1. The van der Waals surface area contributed by atoms with Crippen molar-refractivity contribution in [1.82, 2.24) is 0 Å². The molecule has 17 heavy (non-hydrogen) atoms. The summed E-state index contributed by atoms with van der Waals surface area (Å²) in [5.41, 5.74) is 1.74. The Bertz CT molecular complexity index is 342. The van der Waals surface area contributed by atoms with Crippen LogP contribution in [0.3, 0.4) is 0 Å². The highest BCUT2D eigenvalue weighted by molar-refractivity contribution is 8.00. The van der Waals surface area contributed by atoms with Gasteiger partial charge in [-0.2, -0.15) is 0 Å². The van der Waals surface area contributed by atoms with E-state index in [9.17, 15) is 10.2 Å². The van der Waals surface area contributed by atoms with Gasteiger partial charge in [0.15, 0.2) is 0 Å². The zero-order chi connectivity index (χ0) is 12.3. The highest BCUT2D eigenvalue weighted by Crippen LogP contribution is 2.32. The molecule has 2 unspecified atom stereocenters. The van der Waals surface area contributed by atoms with Crippen LogP contribution < -0.4 is 0 Å². The summed E-state index contributed by atoms with van der Waals surface area (Å²) in [5, 5.41) is 19.0. The van der Waals surface area contributed by atoms with Crippen molar-refractivity contribution in [2.24, 2.45) is 0 Å². The summed E-state index contributed by atoms with van der Waals surface area (Å²) in [4.78, 5) is 0. The summed E-state index contributed by atoms with van der Waals surface area (Å²) < 4.78 is 5.60. The minimum Gasteiger partial charge on any atom is -0.389 e. The van der Waals surface area contributed by atoms with Gasteiger partial charge in [0.2, 0.25) is 0 Å². The maximum atomic E-state index is 9.39. The molecule has 0 spiro atoms. The Labute approximate surface area is 106 Å². The first-order valence-corrected chi connectivity index (χ1v) is 6.74. The fourth-order valence-electron chi connectivity index (χ4n) is 1.83. The molecular formula is C13H18O3S. The molecule has 0 radical (unpaired) electrons. The van der Waals surface area contributed by atoms with Crippen molar-refractivity contribution in [3.63, 3.8) is 0 Å². The van der Waals surface area contributed by atoms with Gasteiger partial charge in [-0.15, -0.1) is 11.8 Å². The predicted molar refractivity (Wildman–Crippen MR) is 68.8 cm³/mol. The molecule has 0 aromatic heterocycles. The number of hydrogen-bond donors (Lipinski definition) is 2. The van der Waals surface area contributed by atoms with Crippen LogP contribution in [0, 0.1) is 6.92 Å². The van der Waals surface area contributed by atoms with Gasteiger partial charge in [0.25, 0.3) is 0 Å². The Balaban J connectivity index is 1.71. The molecule has 3 atom stereocenters. The summed E-state index contributed by atoms with van der Waals surface area (Å²) in [6.45, 7) is 3.22. The molecule has 3 nitrogen and oxygen atoms in total. The van der Waals surface area contributed by atoms with Gasteiger partial charge in [0.05, 0.1) is 19.3 Å². The van der Waals surface area contributed by atoms with E-state index < -0.39 is 11.5 Å². The van der Waals surface area contributed by atoms with Crippen molar-refractivity contribution < 1.29 is 14.9 Å². The average molecular weight is 254 g/mol. The van der Waals surface area contributed by atoms with Crippen LogP contribution in [0.25, 0.3) is 0 Å². The Kier molecular flexibility index (Phi) is 4.45. The van der Waals surface area contributed by atoms with E-state index in [1.165, 1.54) is 17.3 Å². The highest BCUT2D eigenvalue weighted by atomic mass is 32.2. The second kappa shape index (κ2) is 5.87. The van der Waals surface area contributed by atoms with Crippen molar-refractivity contribution in [3.05, 3.63) is 35.4 Å². The molecule has 1 aliphatic rings. The number of ether oxygens (including phenoxy) is 1. The van der Waals surface area contributed by atoms with Gasteiger partial charge in [-0.1, -0.05) is 29.8 Å². The van der Waals surface area contributed by atoms with Crippen LogP contribution in [0.1, 0.15) is 17.5 Å². The molecule has 1 heterocycles. The molecule has 0 bridgehead atoms. The maximum Gasteiger partial charge on any atom is 0.126 e. The quantitative estimate of drug-likeness (QED) is 0.858.